The second-order valence-electron chi connectivity index (χ2n) is 7.29. The Hall–Kier alpha value is -3.32. The zero-order valence-corrected chi connectivity index (χ0v) is 17.7. The predicted octanol–water partition coefficient (Wildman–Crippen LogP) is 3.16. The van der Waals surface area contributed by atoms with Crippen molar-refractivity contribution in [3.05, 3.63) is 78.1 Å². The van der Waals surface area contributed by atoms with E-state index in [-0.39, 0.29) is 10.5 Å². The summed E-state index contributed by atoms with van der Waals surface area (Å²) in [5, 5.41) is 14.5. The SMILES string of the molecule is O=C=S(=O)(c1cccc(C(=O)O)c1)N1CCCNc2ccccc2-n2cccc2CC1. The Bertz CT molecular complexity index is 1250. The average molecular weight is 438 g/mol. The van der Waals surface area contributed by atoms with Crippen LogP contribution in [-0.2, 0) is 20.9 Å². The minimum atomic E-state index is -3.37. The van der Waals surface area contributed by atoms with Crippen LogP contribution in [0.3, 0.4) is 0 Å². The summed E-state index contributed by atoms with van der Waals surface area (Å²) in [4.78, 5) is 23.5. The Morgan fingerprint density at radius 3 is 2.71 bits per heavy atom. The summed E-state index contributed by atoms with van der Waals surface area (Å²) >= 11 is 0. The van der Waals surface area contributed by atoms with Gasteiger partial charge in [0.15, 0.2) is 0 Å². The Kier molecular flexibility index (Phi) is 5.95. The molecule has 0 amide bonds. The van der Waals surface area contributed by atoms with Crippen molar-refractivity contribution in [2.75, 3.05) is 25.0 Å². The van der Waals surface area contributed by atoms with Crippen molar-refractivity contribution in [2.45, 2.75) is 17.7 Å². The Balaban J connectivity index is 1.71. The molecule has 1 unspecified atom stereocenters. The summed E-state index contributed by atoms with van der Waals surface area (Å²) < 4.78 is 17.5. The van der Waals surface area contributed by atoms with E-state index in [9.17, 15) is 18.9 Å². The summed E-state index contributed by atoms with van der Waals surface area (Å²) in [6.45, 7) is 1.41. The van der Waals surface area contributed by atoms with Crippen LogP contribution in [0, 0.1) is 0 Å². The number of rotatable bonds is 3. The number of hydrogen-bond acceptors (Lipinski definition) is 4. The number of hydrogen-bond donors (Lipinski definition) is 2. The fourth-order valence-corrected chi connectivity index (χ4v) is 5.61. The van der Waals surface area contributed by atoms with Crippen LogP contribution in [0.5, 0.6) is 0 Å². The largest absolute Gasteiger partial charge is 0.478 e. The molecule has 2 N–H and O–H groups in total. The molecule has 1 aromatic heterocycles. The first-order valence-electron chi connectivity index (χ1n) is 10.0. The lowest BCUT2D eigenvalue weighted by atomic mass is 10.2. The monoisotopic (exact) mass is 437 g/mol. The maximum atomic E-state index is 13.8. The number of benzene rings is 2. The summed E-state index contributed by atoms with van der Waals surface area (Å²) in [7, 11) is -3.37. The molecule has 0 spiro atoms. The molecule has 31 heavy (non-hydrogen) atoms. The van der Waals surface area contributed by atoms with E-state index < -0.39 is 15.7 Å². The maximum Gasteiger partial charge on any atom is 0.335 e. The summed E-state index contributed by atoms with van der Waals surface area (Å²) in [6.07, 6.45) is 3.21. The van der Waals surface area contributed by atoms with Crippen molar-refractivity contribution >= 4 is 26.6 Å². The summed E-state index contributed by atoms with van der Waals surface area (Å²) in [5.74, 6) is -1.13. The van der Waals surface area contributed by atoms with Gasteiger partial charge in [0, 0.05) is 37.9 Å². The second-order valence-corrected chi connectivity index (χ2v) is 9.49. The maximum absolute atomic E-state index is 13.8. The zero-order chi connectivity index (χ0) is 21.8. The van der Waals surface area contributed by atoms with Crippen LogP contribution in [0.1, 0.15) is 22.5 Å². The first-order chi connectivity index (χ1) is 15.0. The molecule has 1 atom stereocenters. The van der Waals surface area contributed by atoms with Crippen molar-refractivity contribution in [1.29, 1.82) is 0 Å². The molecule has 0 fully saturated rings. The Morgan fingerprint density at radius 2 is 1.90 bits per heavy atom. The Morgan fingerprint density at radius 1 is 1.06 bits per heavy atom. The normalized spacial score (nSPS) is 16.5. The van der Waals surface area contributed by atoms with Gasteiger partial charge in [-0.15, -0.1) is 0 Å². The van der Waals surface area contributed by atoms with Crippen LogP contribution in [-0.4, -0.2) is 49.0 Å². The van der Waals surface area contributed by atoms with E-state index in [1.165, 1.54) is 24.3 Å². The molecule has 1 aliphatic rings. The van der Waals surface area contributed by atoms with E-state index in [0.717, 1.165) is 17.1 Å². The third-order valence-corrected chi connectivity index (χ3v) is 7.60. The molecule has 0 saturated carbocycles. The molecule has 3 aromatic rings. The number of carbonyl (C=O) groups excluding carboxylic acids is 1. The number of para-hydroxylation sites is 2. The van der Waals surface area contributed by atoms with Crippen molar-refractivity contribution in [1.82, 2.24) is 8.87 Å². The zero-order valence-electron chi connectivity index (χ0n) is 16.9. The topological polar surface area (TPSA) is 91.6 Å². The van der Waals surface area contributed by atoms with Crippen molar-refractivity contribution in [3.8, 4) is 5.69 Å². The predicted molar refractivity (Wildman–Crippen MR) is 120 cm³/mol. The highest BCUT2D eigenvalue weighted by molar-refractivity contribution is 7.98. The molecule has 160 valence electrons. The van der Waals surface area contributed by atoms with Crippen molar-refractivity contribution < 1.29 is 18.9 Å². The molecule has 2 heterocycles. The standard InChI is InChI=1S/C23H23N3O4S/c27-17-31(30,20-8-3-6-18(16-20)23(28)29)25-13-5-12-24-21-9-1-2-10-22(21)26-14-4-7-19(26)11-15-25/h1-4,6-10,14,16,24H,5,11-13,15H2,(H,28,29). The highest BCUT2D eigenvalue weighted by Gasteiger charge is 2.24. The highest BCUT2D eigenvalue weighted by Crippen LogP contribution is 2.25. The number of fused-ring (bicyclic) bond motifs is 3. The number of anilines is 1. The number of carboxylic acid groups (broad SMARTS) is 1. The van der Waals surface area contributed by atoms with E-state index in [2.05, 4.69) is 9.88 Å². The van der Waals surface area contributed by atoms with Crippen LogP contribution in [0.4, 0.5) is 5.69 Å². The van der Waals surface area contributed by atoms with Gasteiger partial charge in [0.05, 0.1) is 21.8 Å². The molecule has 7 nitrogen and oxygen atoms in total. The Labute approximate surface area is 181 Å². The third-order valence-electron chi connectivity index (χ3n) is 5.39. The van der Waals surface area contributed by atoms with E-state index in [4.69, 9.17) is 0 Å². The lowest BCUT2D eigenvalue weighted by Crippen LogP contribution is -2.35. The number of nitrogens with zero attached hydrogens (tertiary/aromatic N) is 2. The summed E-state index contributed by atoms with van der Waals surface area (Å²) in [6, 6.07) is 17.7. The van der Waals surface area contributed by atoms with Crippen LogP contribution >= 0.6 is 0 Å². The van der Waals surface area contributed by atoms with Gasteiger partial charge in [-0.25, -0.2) is 18.1 Å². The van der Waals surface area contributed by atoms with Crippen molar-refractivity contribution in [3.63, 3.8) is 0 Å². The van der Waals surface area contributed by atoms with Gasteiger partial charge in [-0.2, -0.15) is 0 Å². The minimum absolute atomic E-state index is 0.00988. The minimum Gasteiger partial charge on any atom is -0.478 e. The molecule has 0 radical (unpaired) electrons. The van der Waals surface area contributed by atoms with E-state index in [1.807, 2.05) is 42.6 Å². The number of carbonyl (C=O) groups is 1. The van der Waals surface area contributed by atoms with Crippen LogP contribution in [0.15, 0.2) is 71.8 Å². The van der Waals surface area contributed by atoms with E-state index in [0.29, 0.717) is 32.5 Å². The van der Waals surface area contributed by atoms with Crippen molar-refractivity contribution in [2.24, 2.45) is 0 Å². The van der Waals surface area contributed by atoms with E-state index in [1.54, 1.807) is 9.54 Å². The van der Waals surface area contributed by atoms with Gasteiger partial charge < -0.3 is 15.0 Å². The quantitative estimate of drug-likeness (QED) is 0.614. The molecule has 4 rings (SSSR count). The number of carboxylic acids is 1. The molecule has 0 saturated heterocycles. The average Bonchev–Trinajstić information content (AvgIpc) is 3.25. The summed E-state index contributed by atoms with van der Waals surface area (Å²) in [5.41, 5.74) is 3.05. The number of aromatic nitrogens is 1. The molecular weight excluding hydrogens is 414 g/mol. The van der Waals surface area contributed by atoms with Gasteiger partial charge in [0.2, 0.25) is 5.23 Å². The van der Waals surface area contributed by atoms with Gasteiger partial charge in [-0.05, 0) is 48.9 Å². The van der Waals surface area contributed by atoms with E-state index >= 15 is 0 Å². The highest BCUT2D eigenvalue weighted by atomic mass is 32.2. The number of nitrogens with one attached hydrogen (secondary N) is 1. The molecule has 1 aliphatic heterocycles. The fourth-order valence-electron chi connectivity index (χ4n) is 3.83. The van der Waals surface area contributed by atoms with Crippen LogP contribution < -0.4 is 5.32 Å². The van der Waals surface area contributed by atoms with Gasteiger partial charge in [-0.1, -0.05) is 18.2 Å². The molecule has 0 bridgehead atoms. The van der Waals surface area contributed by atoms with Crippen LogP contribution in [0.25, 0.3) is 5.69 Å². The molecule has 0 aliphatic carbocycles. The fraction of sp³-hybridized carbons (Fsp3) is 0.217. The van der Waals surface area contributed by atoms with Crippen LogP contribution in [0.2, 0.25) is 0 Å². The van der Waals surface area contributed by atoms with Gasteiger partial charge >= 0.3 is 5.97 Å². The first-order valence-corrected chi connectivity index (χ1v) is 11.6. The lowest BCUT2D eigenvalue weighted by Gasteiger charge is -2.25. The molecular formula is C23H23N3O4S. The lowest BCUT2D eigenvalue weighted by molar-refractivity contribution is 0.0696. The van der Waals surface area contributed by atoms with Gasteiger partial charge in [0.1, 0.15) is 9.71 Å². The first kappa shape index (κ1) is 20.9. The smallest absolute Gasteiger partial charge is 0.335 e. The van der Waals surface area contributed by atoms with Gasteiger partial charge in [-0.3, -0.25) is 0 Å². The molecule has 2 aromatic carbocycles. The molecule has 8 heteroatoms. The van der Waals surface area contributed by atoms with Gasteiger partial charge in [0.25, 0.3) is 0 Å². The number of aromatic carboxylic acids is 1. The third kappa shape index (κ3) is 4.14. The second kappa shape index (κ2) is 8.81.